The fourth-order valence-corrected chi connectivity index (χ4v) is 2.55. The first-order valence-electron chi connectivity index (χ1n) is 7.65. The number of para-hydroxylation sites is 2. The fraction of sp³-hybridized carbons (Fsp3) is 0.167. The number of nitrogens with zero attached hydrogens (tertiary/aromatic N) is 3. The number of benzene rings is 2. The monoisotopic (exact) mass is 321 g/mol. The fourth-order valence-electron chi connectivity index (χ4n) is 2.55. The molecule has 0 bridgehead atoms. The molecular formula is C18H19N5O. The first-order chi connectivity index (χ1) is 11.5. The highest BCUT2D eigenvalue weighted by atomic mass is 16.2. The zero-order valence-electron chi connectivity index (χ0n) is 13.7. The van der Waals surface area contributed by atoms with E-state index in [-0.39, 0.29) is 12.5 Å². The molecule has 0 unspecified atom stereocenters. The lowest BCUT2D eigenvalue weighted by molar-refractivity contribution is -0.121. The van der Waals surface area contributed by atoms with Crippen LogP contribution in [0.15, 0.2) is 53.6 Å². The molecule has 0 radical (unpaired) electrons. The van der Waals surface area contributed by atoms with Gasteiger partial charge in [0.1, 0.15) is 12.4 Å². The van der Waals surface area contributed by atoms with Crippen LogP contribution in [0.25, 0.3) is 11.0 Å². The van der Waals surface area contributed by atoms with Gasteiger partial charge in [-0.2, -0.15) is 5.10 Å². The van der Waals surface area contributed by atoms with Crippen molar-refractivity contribution in [2.24, 2.45) is 5.10 Å². The first kappa shape index (κ1) is 15.7. The minimum absolute atomic E-state index is 0.167. The maximum atomic E-state index is 12.2. The van der Waals surface area contributed by atoms with Gasteiger partial charge in [0, 0.05) is 5.69 Å². The topological polar surface area (TPSA) is 85.3 Å². The maximum absolute atomic E-state index is 12.2. The van der Waals surface area contributed by atoms with Crippen LogP contribution >= 0.6 is 0 Å². The predicted molar refractivity (Wildman–Crippen MR) is 95.7 cm³/mol. The number of hydrogen-bond donors (Lipinski definition) is 2. The molecule has 0 aliphatic carbocycles. The Morgan fingerprint density at radius 3 is 2.83 bits per heavy atom. The van der Waals surface area contributed by atoms with Crippen molar-refractivity contribution < 1.29 is 4.79 Å². The second-order valence-electron chi connectivity index (χ2n) is 5.59. The molecule has 1 amide bonds. The van der Waals surface area contributed by atoms with E-state index in [4.69, 9.17) is 5.73 Å². The van der Waals surface area contributed by atoms with Crippen molar-refractivity contribution in [3.05, 3.63) is 59.9 Å². The largest absolute Gasteiger partial charge is 0.399 e. The molecule has 2 aromatic carbocycles. The molecule has 0 spiro atoms. The average Bonchev–Trinajstić information content (AvgIpc) is 2.88. The van der Waals surface area contributed by atoms with Gasteiger partial charge in [0.15, 0.2) is 0 Å². The number of fused-ring (bicyclic) bond motifs is 1. The van der Waals surface area contributed by atoms with Gasteiger partial charge in [-0.15, -0.1) is 0 Å². The molecule has 0 fully saturated rings. The van der Waals surface area contributed by atoms with Gasteiger partial charge in [0.05, 0.1) is 16.7 Å². The molecule has 0 saturated heterocycles. The van der Waals surface area contributed by atoms with E-state index in [1.54, 1.807) is 0 Å². The smallest absolute Gasteiger partial charge is 0.260 e. The van der Waals surface area contributed by atoms with E-state index in [2.05, 4.69) is 15.5 Å². The quantitative estimate of drug-likeness (QED) is 0.440. The number of hydrogen-bond acceptors (Lipinski definition) is 4. The third-order valence-electron chi connectivity index (χ3n) is 3.80. The number of anilines is 1. The molecule has 1 heterocycles. The van der Waals surface area contributed by atoms with Crippen LogP contribution in [0.3, 0.4) is 0 Å². The molecule has 122 valence electrons. The van der Waals surface area contributed by atoms with E-state index in [0.717, 1.165) is 22.4 Å². The summed E-state index contributed by atoms with van der Waals surface area (Å²) in [6.07, 6.45) is 0. The number of carbonyl (C=O) groups excluding carboxylic acids is 1. The standard InChI is InChI=1S/C18H19N5O/c1-12(14-6-5-7-15(19)10-14)21-22-18(24)11-23-13(2)20-16-8-3-4-9-17(16)23/h3-10H,11,19H2,1-2H3,(H,22,24)/b21-12+. The van der Waals surface area contributed by atoms with Crippen molar-refractivity contribution in [3.63, 3.8) is 0 Å². The van der Waals surface area contributed by atoms with Gasteiger partial charge in [-0.1, -0.05) is 24.3 Å². The summed E-state index contributed by atoms with van der Waals surface area (Å²) in [6, 6.07) is 15.1. The Bertz CT molecular complexity index is 926. The summed E-state index contributed by atoms with van der Waals surface area (Å²) in [5.41, 5.74) is 12.4. The Morgan fingerprint density at radius 1 is 1.25 bits per heavy atom. The van der Waals surface area contributed by atoms with Gasteiger partial charge in [-0.25, -0.2) is 10.4 Å². The summed E-state index contributed by atoms with van der Waals surface area (Å²) in [5, 5.41) is 4.15. The van der Waals surface area contributed by atoms with Crippen LogP contribution in [0, 0.1) is 6.92 Å². The summed E-state index contributed by atoms with van der Waals surface area (Å²) in [7, 11) is 0. The number of hydrazone groups is 1. The Hall–Kier alpha value is -3.15. The molecule has 0 aliphatic rings. The number of rotatable bonds is 4. The third kappa shape index (κ3) is 3.27. The number of nitrogen functional groups attached to an aromatic ring is 1. The summed E-state index contributed by atoms with van der Waals surface area (Å²) < 4.78 is 1.87. The minimum Gasteiger partial charge on any atom is -0.399 e. The number of imidazole rings is 1. The number of amides is 1. The van der Waals surface area contributed by atoms with Crippen molar-refractivity contribution in [1.29, 1.82) is 0 Å². The molecule has 0 aliphatic heterocycles. The number of nitrogens with two attached hydrogens (primary N) is 1. The van der Waals surface area contributed by atoms with E-state index in [1.807, 2.05) is 66.9 Å². The number of aromatic nitrogens is 2. The molecule has 6 nitrogen and oxygen atoms in total. The summed E-state index contributed by atoms with van der Waals surface area (Å²) >= 11 is 0. The number of aryl methyl sites for hydroxylation is 1. The van der Waals surface area contributed by atoms with Crippen molar-refractivity contribution in [2.45, 2.75) is 20.4 Å². The molecule has 3 rings (SSSR count). The lowest BCUT2D eigenvalue weighted by Gasteiger charge is -2.07. The van der Waals surface area contributed by atoms with E-state index < -0.39 is 0 Å². The normalized spacial score (nSPS) is 11.7. The van der Waals surface area contributed by atoms with Gasteiger partial charge in [-0.05, 0) is 43.7 Å². The highest BCUT2D eigenvalue weighted by Gasteiger charge is 2.10. The van der Waals surface area contributed by atoms with E-state index in [9.17, 15) is 4.79 Å². The molecular weight excluding hydrogens is 302 g/mol. The van der Waals surface area contributed by atoms with E-state index >= 15 is 0 Å². The predicted octanol–water partition coefficient (Wildman–Crippen LogP) is 2.47. The lowest BCUT2D eigenvalue weighted by atomic mass is 10.1. The molecule has 6 heteroatoms. The van der Waals surface area contributed by atoms with Crippen LogP contribution in [-0.4, -0.2) is 21.2 Å². The van der Waals surface area contributed by atoms with Crippen molar-refractivity contribution in [2.75, 3.05) is 5.73 Å². The van der Waals surface area contributed by atoms with Crippen LogP contribution in [-0.2, 0) is 11.3 Å². The molecule has 0 atom stereocenters. The highest BCUT2D eigenvalue weighted by Crippen LogP contribution is 2.15. The van der Waals surface area contributed by atoms with Crippen LogP contribution in [0.5, 0.6) is 0 Å². The molecule has 3 N–H and O–H groups in total. The van der Waals surface area contributed by atoms with Crippen LogP contribution < -0.4 is 11.2 Å². The van der Waals surface area contributed by atoms with E-state index in [1.165, 1.54) is 0 Å². The zero-order valence-corrected chi connectivity index (χ0v) is 13.7. The average molecular weight is 321 g/mol. The number of carbonyl (C=O) groups is 1. The van der Waals surface area contributed by atoms with Crippen LogP contribution in [0.2, 0.25) is 0 Å². The first-order valence-corrected chi connectivity index (χ1v) is 7.65. The molecule has 0 saturated carbocycles. The summed E-state index contributed by atoms with van der Waals surface area (Å²) in [6.45, 7) is 3.88. The molecule has 24 heavy (non-hydrogen) atoms. The summed E-state index contributed by atoms with van der Waals surface area (Å²) in [5.74, 6) is 0.590. The Balaban J connectivity index is 1.73. The Kier molecular flexibility index (Phi) is 4.29. The zero-order chi connectivity index (χ0) is 17.1. The van der Waals surface area contributed by atoms with Gasteiger partial charge < -0.3 is 10.3 Å². The third-order valence-corrected chi connectivity index (χ3v) is 3.80. The van der Waals surface area contributed by atoms with Gasteiger partial charge in [0.25, 0.3) is 5.91 Å². The Morgan fingerprint density at radius 2 is 2.04 bits per heavy atom. The molecule has 1 aromatic heterocycles. The SMILES string of the molecule is C/C(=N\NC(=O)Cn1c(C)nc2ccccc21)c1cccc(N)c1. The summed E-state index contributed by atoms with van der Waals surface area (Å²) in [4.78, 5) is 16.7. The number of nitrogens with one attached hydrogen (secondary N) is 1. The van der Waals surface area contributed by atoms with Crippen molar-refractivity contribution in [3.8, 4) is 0 Å². The second-order valence-corrected chi connectivity index (χ2v) is 5.59. The minimum atomic E-state index is -0.204. The lowest BCUT2D eigenvalue weighted by Crippen LogP contribution is -2.24. The van der Waals surface area contributed by atoms with Gasteiger partial charge in [-0.3, -0.25) is 4.79 Å². The van der Waals surface area contributed by atoms with Crippen molar-refractivity contribution in [1.82, 2.24) is 15.0 Å². The second kappa shape index (κ2) is 6.54. The van der Waals surface area contributed by atoms with Crippen LogP contribution in [0.4, 0.5) is 5.69 Å². The highest BCUT2D eigenvalue weighted by molar-refractivity contribution is 5.99. The van der Waals surface area contributed by atoms with Gasteiger partial charge >= 0.3 is 0 Å². The molecule has 3 aromatic rings. The van der Waals surface area contributed by atoms with Crippen LogP contribution in [0.1, 0.15) is 18.3 Å². The van der Waals surface area contributed by atoms with Crippen molar-refractivity contribution >= 4 is 28.3 Å². The van der Waals surface area contributed by atoms with Gasteiger partial charge in [0.2, 0.25) is 0 Å². The Labute approximate surface area is 140 Å². The van der Waals surface area contributed by atoms with E-state index in [0.29, 0.717) is 11.4 Å². The maximum Gasteiger partial charge on any atom is 0.260 e.